The van der Waals surface area contributed by atoms with Crippen LogP contribution in [0.5, 0.6) is 0 Å². The van der Waals surface area contributed by atoms with Crippen molar-refractivity contribution < 1.29 is 47.7 Å². The predicted molar refractivity (Wildman–Crippen MR) is 481 cm³/mol. The third kappa shape index (κ3) is 91.1. The zero-order valence-corrected chi connectivity index (χ0v) is 77.0. The molecule has 0 aliphatic carbocycles. The Morgan fingerprint density at radius 2 is 0.234 bits per heavy atom. The van der Waals surface area contributed by atoms with Crippen molar-refractivity contribution in [1.82, 2.24) is 0 Å². The highest BCUT2D eigenvalue weighted by Gasteiger charge is 2.21. The van der Waals surface area contributed by atoms with Gasteiger partial charge in [-0.25, -0.2) is 0 Å². The molecule has 0 aromatic rings. The van der Waals surface area contributed by atoms with E-state index in [0.717, 1.165) is 122 Å². The second kappa shape index (κ2) is 96.2. The largest absolute Gasteiger partial charge is 0.462 e. The standard InChI is InChI=1S/C42H82O4.C34H66O4.C25H50O2/c1-5-9-13-17-24-30-36-39(33-27-16-12-8-4)45-41(43)37-31-25-20-18-19-21-26-32-38-42(44)46-40(34-28-22-14-10-6-2)35-29-23-15-11-7-3;1-5-9-13-17-20-24-28-31(25-21-16-12-8-4)37-33(35)29-30-34(36)38-32(26-22-18-14-10-6-2)27-23-19-15-11-7-3;1-4-7-10-13-14-17-20-23-25(26)27-24(21-18-15-11-8-5-2)22-19-16-12-9-6-3/h39-40H,5-38H2,1-4H3;31-32H,5-30H2,1-4H3;24H,4-23H2,1-3H3. The molecule has 0 amide bonds. The lowest BCUT2D eigenvalue weighted by molar-refractivity contribution is -0.156. The van der Waals surface area contributed by atoms with Crippen LogP contribution in [0.25, 0.3) is 0 Å². The van der Waals surface area contributed by atoms with Crippen LogP contribution < -0.4 is 0 Å². The van der Waals surface area contributed by atoms with Gasteiger partial charge in [0.15, 0.2) is 0 Å². The Morgan fingerprint density at radius 1 is 0.135 bits per heavy atom. The molecular weight excluding hydrogens is 1370 g/mol. The Morgan fingerprint density at radius 3 is 0.369 bits per heavy atom. The maximum atomic E-state index is 12.6. The Bertz CT molecular complexity index is 1810. The van der Waals surface area contributed by atoms with Crippen molar-refractivity contribution in [3.63, 3.8) is 0 Å². The van der Waals surface area contributed by atoms with Crippen molar-refractivity contribution in [3.8, 4) is 0 Å². The molecule has 0 aliphatic heterocycles. The first-order valence-corrected chi connectivity index (χ1v) is 50.3. The highest BCUT2D eigenvalue weighted by molar-refractivity contribution is 5.77. The van der Waals surface area contributed by atoms with Gasteiger partial charge in [0.05, 0.1) is 12.8 Å². The monoisotopic (exact) mass is 1570 g/mol. The SMILES string of the molecule is CCCCCCCCC(CCCCCC)OC(=O)CCC(=O)OC(CCCCCCC)CCCCCCC.CCCCCCCCC(CCCCCC)OC(=O)CCCCCCCCCCC(=O)OC(CCCCCCC)CCCCCCC.CCCCCCCCCC(=O)OC(CCCCCCC)CCCCCCC. The number of hydrogen-bond donors (Lipinski definition) is 0. The van der Waals surface area contributed by atoms with E-state index in [1.54, 1.807) is 0 Å². The van der Waals surface area contributed by atoms with Gasteiger partial charge in [-0.05, 0) is 148 Å². The summed E-state index contributed by atoms with van der Waals surface area (Å²) < 4.78 is 29.5. The lowest BCUT2D eigenvalue weighted by atomic mass is 10.0. The highest BCUT2D eigenvalue weighted by atomic mass is 16.6. The van der Waals surface area contributed by atoms with E-state index in [1.165, 1.54) is 360 Å². The highest BCUT2D eigenvalue weighted by Crippen LogP contribution is 2.25. The second-order valence-electron chi connectivity index (χ2n) is 34.3. The Kier molecular flexibility index (Phi) is 97.5. The van der Waals surface area contributed by atoms with Gasteiger partial charge in [0.2, 0.25) is 0 Å². The molecule has 0 radical (unpaired) electrons. The summed E-state index contributed by atoms with van der Waals surface area (Å²) in [6.07, 6.45) is 93.0. The summed E-state index contributed by atoms with van der Waals surface area (Å²) in [7, 11) is 0. The van der Waals surface area contributed by atoms with Crippen LogP contribution in [0.15, 0.2) is 0 Å². The van der Waals surface area contributed by atoms with Gasteiger partial charge in [-0.15, -0.1) is 0 Å². The van der Waals surface area contributed by atoms with Crippen molar-refractivity contribution >= 4 is 29.8 Å². The van der Waals surface area contributed by atoms with E-state index in [-0.39, 0.29) is 73.2 Å². The van der Waals surface area contributed by atoms with Crippen molar-refractivity contribution in [2.45, 2.75) is 620 Å². The summed E-state index contributed by atoms with van der Waals surface area (Å²) in [5, 5.41) is 0. The quantitative estimate of drug-likeness (QED) is 0.0329. The van der Waals surface area contributed by atoms with Crippen LogP contribution in [0.1, 0.15) is 590 Å². The minimum absolute atomic E-state index is 0.000502. The smallest absolute Gasteiger partial charge is 0.306 e. The van der Waals surface area contributed by atoms with E-state index in [4.69, 9.17) is 23.7 Å². The Labute approximate surface area is 694 Å². The fourth-order valence-corrected chi connectivity index (χ4v) is 15.3. The number of esters is 5. The summed E-state index contributed by atoms with van der Waals surface area (Å²) in [4.78, 5) is 62.6. The molecule has 0 heterocycles. The number of unbranched alkanes of at least 4 members (excludes halogenated alkanes) is 53. The summed E-state index contributed by atoms with van der Waals surface area (Å²) in [5.41, 5.74) is 0. The molecule has 0 N–H and O–H groups in total. The second-order valence-corrected chi connectivity index (χ2v) is 34.3. The van der Waals surface area contributed by atoms with Gasteiger partial charge in [-0.2, -0.15) is 0 Å². The van der Waals surface area contributed by atoms with Crippen LogP contribution in [-0.4, -0.2) is 60.4 Å². The molecule has 0 saturated heterocycles. The molecule has 10 nitrogen and oxygen atoms in total. The van der Waals surface area contributed by atoms with Crippen LogP contribution in [0, 0.1) is 0 Å². The maximum Gasteiger partial charge on any atom is 0.306 e. The van der Waals surface area contributed by atoms with Crippen LogP contribution in [0.4, 0.5) is 0 Å². The first-order valence-electron chi connectivity index (χ1n) is 50.3. The minimum Gasteiger partial charge on any atom is -0.462 e. The summed E-state index contributed by atoms with van der Waals surface area (Å²) >= 11 is 0. The molecule has 0 aliphatic rings. The van der Waals surface area contributed by atoms with E-state index >= 15 is 0 Å². The maximum absolute atomic E-state index is 12.6. The lowest BCUT2D eigenvalue weighted by Gasteiger charge is -2.19. The van der Waals surface area contributed by atoms with Crippen LogP contribution in [0.3, 0.4) is 0 Å². The van der Waals surface area contributed by atoms with Gasteiger partial charge < -0.3 is 23.7 Å². The average Bonchev–Trinajstić information content (AvgIpc) is 0.965. The third-order valence-corrected chi connectivity index (χ3v) is 22.8. The van der Waals surface area contributed by atoms with Gasteiger partial charge in [-0.3, -0.25) is 24.0 Å². The number of carbonyl (C=O) groups is 5. The van der Waals surface area contributed by atoms with Crippen LogP contribution >= 0.6 is 0 Å². The van der Waals surface area contributed by atoms with Crippen molar-refractivity contribution in [3.05, 3.63) is 0 Å². The third-order valence-electron chi connectivity index (χ3n) is 22.8. The molecule has 111 heavy (non-hydrogen) atoms. The van der Waals surface area contributed by atoms with Crippen LogP contribution in [-0.2, 0) is 47.7 Å². The minimum atomic E-state index is -0.232. The molecule has 0 fully saturated rings. The molecule has 0 spiro atoms. The van der Waals surface area contributed by atoms with Crippen molar-refractivity contribution in [2.24, 2.45) is 0 Å². The molecule has 2 atom stereocenters. The van der Waals surface area contributed by atoms with Gasteiger partial charge in [0.1, 0.15) is 30.5 Å². The first-order chi connectivity index (χ1) is 54.4. The zero-order chi connectivity index (χ0) is 81.9. The van der Waals surface area contributed by atoms with E-state index in [0.29, 0.717) is 19.3 Å². The number of ether oxygens (including phenoxy) is 5. The molecule has 0 saturated carbocycles. The molecule has 662 valence electrons. The predicted octanol–water partition coefficient (Wildman–Crippen LogP) is 33.9. The van der Waals surface area contributed by atoms with Crippen molar-refractivity contribution in [1.29, 1.82) is 0 Å². The Balaban J connectivity index is -0.00000163. The van der Waals surface area contributed by atoms with Crippen LogP contribution in [0.2, 0.25) is 0 Å². The van der Waals surface area contributed by atoms with E-state index in [9.17, 15) is 24.0 Å². The van der Waals surface area contributed by atoms with Crippen molar-refractivity contribution in [2.75, 3.05) is 0 Å². The summed E-state index contributed by atoms with van der Waals surface area (Å²) in [6.45, 7) is 24.7. The topological polar surface area (TPSA) is 132 Å². The molecule has 0 aromatic heterocycles. The fourth-order valence-electron chi connectivity index (χ4n) is 15.3. The molecule has 0 rings (SSSR count). The molecule has 0 aromatic carbocycles. The normalized spacial score (nSPS) is 11.9. The first kappa shape index (κ1) is 113. The number of rotatable bonds is 87. The van der Waals surface area contributed by atoms with Gasteiger partial charge in [0, 0.05) is 19.3 Å². The zero-order valence-electron chi connectivity index (χ0n) is 77.0. The number of hydrogen-bond acceptors (Lipinski definition) is 10. The average molecular weight is 1570 g/mol. The van der Waals surface area contributed by atoms with E-state index in [2.05, 4.69) is 76.2 Å². The summed E-state index contributed by atoms with van der Waals surface area (Å²) in [6, 6.07) is 0. The van der Waals surface area contributed by atoms with Gasteiger partial charge in [-0.1, -0.05) is 410 Å². The lowest BCUT2D eigenvalue weighted by Crippen LogP contribution is -2.21. The van der Waals surface area contributed by atoms with E-state index in [1.807, 2.05) is 0 Å². The van der Waals surface area contributed by atoms with E-state index < -0.39 is 0 Å². The molecular formula is C101H198O10. The fraction of sp³-hybridized carbons (Fsp3) is 0.950. The molecule has 2 unspecified atom stereocenters. The Hall–Kier alpha value is -2.65. The summed E-state index contributed by atoms with van der Waals surface area (Å²) in [5.74, 6) is -0.368. The molecule has 10 heteroatoms. The van der Waals surface area contributed by atoms with Gasteiger partial charge >= 0.3 is 29.8 Å². The van der Waals surface area contributed by atoms with Gasteiger partial charge in [0.25, 0.3) is 0 Å². The number of carbonyl (C=O) groups excluding carboxylic acids is 5. The molecule has 0 bridgehead atoms.